The SMILES string of the molecule is COc1nc(N=C2CC(C)(C(=O)N3CCCC3)C2)nc2[nH]cc(-c3ccn4nccc4c3)c12. The Labute approximate surface area is 190 Å². The first-order chi connectivity index (χ1) is 16.0. The molecule has 0 atom stereocenters. The molecule has 0 radical (unpaired) electrons. The summed E-state index contributed by atoms with van der Waals surface area (Å²) in [5.41, 5.74) is 4.23. The first-order valence-electron chi connectivity index (χ1n) is 11.3. The fourth-order valence-electron chi connectivity index (χ4n) is 5.03. The van der Waals surface area contributed by atoms with Gasteiger partial charge in [-0.1, -0.05) is 6.92 Å². The quantitative estimate of drug-likeness (QED) is 0.517. The third-order valence-electron chi connectivity index (χ3n) is 6.75. The molecule has 0 unspecified atom stereocenters. The van der Waals surface area contributed by atoms with Crippen molar-refractivity contribution in [3.8, 4) is 17.0 Å². The van der Waals surface area contributed by atoms with E-state index in [0.717, 1.165) is 53.7 Å². The molecule has 9 nitrogen and oxygen atoms in total. The maximum atomic E-state index is 12.8. The minimum absolute atomic E-state index is 0.247. The van der Waals surface area contributed by atoms with E-state index < -0.39 is 0 Å². The summed E-state index contributed by atoms with van der Waals surface area (Å²) in [7, 11) is 1.60. The predicted octanol–water partition coefficient (Wildman–Crippen LogP) is 3.78. The second-order valence-electron chi connectivity index (χ2n) is 9.17. The summed E-state index contributed by atoms with van der Waals surface area (Å²) >= 11 is 0. The van der Waals surface area contributed by atoms with Crippen LogP contribution in [0.2, 0.25) is 0 Å². The van der Waals surface area contributed by atoms with E-state index in [9.17, 15) is 4.79 Å². The molecule has 1 N–H and O–H groups in total. The molecular formula is C24H25N7O2. The van der Waals surface area contributed by atoms with Crippen molar-refractivity contribution in [1.29, 1.82) is 0 Å². The number of aliphatic imine (C=N–C) groups is 1. The number of fused-ring (bicyclic) bond motifs is 2. The zero-order chi connectivity index (χ0) is 22.6. The van der Waals surface area contributed by atoms with Gasteiger partial charge in [0.05, 0.1) is 23.4 Å². The molecule has 5 heterocycles. The number of carbonyl (C=O) groups is 1. The van der Waals surface area contributed by atoms with Gasteiger partial charge < -0.3 is 14.6 Å². The van der Waals surface area contributed by atoms with Crippen molar-refractivity contribution in [3.63, 3.8) is 0 Å². The molecule has 0 bridgehead atoms. The monoisotopic (exact) mass is 443 g/mol. The number of likely N-dealkylation sites (tertiary alicyclic amines) is 1. The van der Waals surface area contributed by atoms with Crippen LogP contribution < -0.4 is 4.74 Å². The summed E-state index contributed by atoms with van der Waals surface area (Å²) in [4.78, 5) is 31.9. The van der Waals surface area contributed by atoms with Crippen LogP contribution in [0.3, 0.4) is 0 Å². The minimum Gasteiger partial charge on any atom is -0.480 e. The van der Waals surface area contributed by atoms with Crippen LogP contribution >= 0.6 is 0 Å². The summed E-state index contributed by atoms with van der Waals surface area (Å²) in [6.07, 6.45) is 9.11. The van der Waals surface area contributed by atoms with Gasteiger partial charge in [0.25, 0.3) is 5.95 Å². The number of nitrogens with zero attached hydrogens (tertiary/aromatic N) is 6. The van der Waals surface area contributed by atoms with Crippen LogP contribution in [0.25, 0.3) is 27.7 Å². The predicted molar refractivity (Wildman–Crippen MR) is 125 cm³/mol. The van der Waals surface area contributed by atoms with Gasteiger partial charge in [-0.15, -0.1) is 0 Å². The Morgan fingerprint density at radius 3 is 2.82 bits per heavy atom. The molecule has 0 aromatic carbocycles. The van der Waals surface area contributed by atoms with Gasteiger partial charge in [0.1, 0.15) is 5.65 Å². The van der Waals surface area contributed by atoms with Gasteiger partial charge in [-0.3, -0.25) is 4.79 Å². The molecule has 33 heavy (non-hydrogen) atoms. The number of pyridine rings is 1. The Hall–Kier alpha value is -3.75. The Balaban J connectivity index is 1.30. The molecule has 6 rings (SSSR count). The summed E-state index contributed by atoms with van der Waals surface area (Å²) in [5, 5.41) is 5.07. The zero-order valence-corrected chi connectivity index (χ0v) is 18.7. The number of rotatable bonds is 4. The maximum Gasteiger partial charge on any atom is 0.254 e. The van der Waals surface area contributed by atoms with Gasteiger partial charge in [-0.25, -0.2) is 9.51 Å². The van der Waals surface area contributed by atoms with Crippen LogP contribution in [0, 0.1) is 5.41 Å². The zero-order valence-electron chi connectivity index (χ0n) is 18.7. The molecule has 1 amide bonds. The third-order valence-corrected chi connectivity index (χ3v) is 6.75. The first kappa shape index (κ1) is 19.9. The van der Waals surface area contributed by atoms with Crippen molar-refractivity contribution in [3.05, 3.63) is 36.8 Å². The Kier molecular flexibility index (Phi) is 4.46. The Morgan fingerprint density at radius 2 is 2.03 bits per heavy atom. The summed E-state index contributed by atoms with van der Waals surface area (Å²) in [6, 6.07) is 6.03. The van der Waals surface area contributed by atoms with Crippen LogP contribution in [0.15, 0.2) is 41.8 Å². The van der Waals surface area contributed by atoms with Gasteiger partial charge in [-0.05, 0) is 36.6 Å². The molecule has 9 heteroatoms. The number of methoxy groups -OCH3 is 1. The average molecular weight is 444 g/mol. The molecule has 4 aromatic rings. The van der Waals surface area contributed by atoms with Gasteiger partial charge in [0, 0.05) is 55.8 Å². The summed E-state index contributed by atoms with van der Waals surface area (Å²) in [6.45, 7) is 3.79. The average Bonchev–Trinajstić information content (AvgIpc) is 3.56. The maximum absolute atomic E-state index is 12.8. The highest BCUT2D eigenvalue weighted by Crippen LogP contribution is 2.42. The van der Waals surface area contributed by atoms with E-state index in [1.165, 1.54) is 0 Å². The summed E-state index contributed by atoms with van der Waals surface area (Å²) in [5.74, 6) is 1.07. The fourth-order valence-corrected chi connectivity index (χ4v) is 5.03. The number of carbonyl (C=O) groups excluding carboxylic acids is 1. The van der Waals surface area contributed by atoms with Gasteiger partial charge in [0.2, 0.25) is 11.8 Å². The van der Waals surface area contributed by atoms with Crippen LogP contribution in [0.5, 0.6) is 5.88 Å². The molecule has 1 aliphatic heterocycles. The number of amides is 1. The van der Waals surface area contributed by atoms with Crippen LogP contribution in [-0.4, -0.2) is 61.3 Å². The number of ether oxygens (including phenoxy) is 1. The van der Waals surface area contributed by atoms with Crippen LogP contribution in [0.4, 0.5) is 5.95 Å². The van der Waals surface area contributed by atoms with E-state index >= 15 is 0 Å². The van der Waals surface area contributed by atoms with E-state index in [-0.39, 0.29) is 11.3 Å². The van der Waals surface area contributed by atoms with E-state index in [2.05, 4.69) is 31.1 Å². The lowest BCUT2D eigenvalue weighted by Crippen LogP contribution is -2.49. The molecule has 4 aromatic heterocycles. The number of H-pyrrole nitrogens is 1. The first-order valence-corrected chi connectivity index (χ1v) is 11.3. The molecule has 2 fully saturated rings. The molecule has 0 spiro atoms. The van der Waals surface area contributed by atoms with Crippen molar-refractivity contribution < 1.29 is 9.53 Å². The van der Waals surface area contributed by atoms with E-state index in [1.807, 2.05) is 40.9 Å². The molecule has 1 saturated carbocycles. The number of hydrogen-bond acceptors (Lipinski definition) is 6. The Bertz CT molecular complexity index is 1400. The lowest BCUT2D eigenvalue weighted by molar-refractivity contribution is -0.140. The van der Waals surface area contributed by atoms with Crippen molar-refractivity contribution >= 4 is 34.1 Å². The van der Waals surface area contributed by atoms with E-state index in [1.54, 1.807) is 13.3 Å². The van der Waals surface area contributed by atoms with Gasteiger partial charge in [0.15, 0.2) is 0 Å². The molecule has 1 saturated heterocycles. The Morgan fingerprint density at radius 1 is 1.21 bits per heavy atom. The number of nitrogens with one attached hydrogen (secondary N) is 1. The number of aromatic amines is 1. The van der Waals surface area contributed by atoms with E-state index in [4.69, 9.17) is 4.74 Å². The molecule has 168 valence electrons. The highest BCUT2D eigenvalue weighted by molar-refractivity contribution is 6.03. The minimum atomic E-state index is -0.358. The van der Waals surface area contributed by atoms with Crippen molar-refractivity contribution in [2.75, 3.05) is 20.2 Å². The van der Waals surface area contributed by atoms with Crippen molar-refractivity contribution in [1.82, 2.24) is 29.5 Å². The van der Waals surface area contributed by atoms with Gasteiger partial charge in [-0.2, -0.15) is 15.1 Å². The van der Waals surface area contributed by atoms with Crippen molar-refractivity contribution in [2.45, 2.75) is 32.6 Å². The number of aromatic nitrogens is 5. The smallest absolute Gasteiger partial charge is 0.254 e. The normalized spacial score (nSPS) is 20.4. The standard InChI is InChI=1S/C24H25N7O2/c1-24(22(32)30-8-3-4-9-30)12-16(13-24)27-23-28-20-19(21(29-23)33-2)18(14-25-20)15-6-10-31-17(11-15)5-7-26-31/h5-7,10-11,14H,3-4,8-9,12-13H2,1-2H3,(H,25,28,29). The van der Waals surface area contributed by atoms with Gasteiger partial charge >= 0.3 is 0 Å². The number of hydrogen-bond donors (Lipinski definition) is 1. The highest BCUT2D eigenvalue weighted by Gasteiger charge is 2.46. The van der Waals surface area contributed by atoms with Crippen LogP contribution in [-0.2, 0) is 4.79 Å². The lowest BCUT2D eigenvalue weighted by Gasteiger charge is -2.40. The second-order valence-corrected chi connectivity index (χ2v) is 9.17. The second kappa shape index (κ2) is 7.40. The molecule has 2 aliphatic rings. The van der Waals surface area contributed by atoms with Crippen molar-refractivity contribution in [2.24, 2.45) is 10.4 Å². The summed E-state index contributed by atoms with van der Waals surface area (Å²) < 4.78 is 7.44. The lowest BCUT2D eigenvalue weighted by atomic mass is 9.68. The molecular weight excluding hydrogens is 418 g/mol. The fraction of sp³-hybridized carbons (Fsp3) is 0.375. The third kappa shape index (κ3) is 3.26. The largest absolute Gasteiger partial charge is 0.480 e. The highest BCUT2D eigenvalue weighted by atomic mass is 16.5. The van der Waals surface area contributed by atoms with Crippen LogP contribution in [0.1, 0.15) is 32.6 Å². The topological polar surface area (TPSA) is 101 Å². The van der Waals surface area contributed by atoms with E-state index in [0.29, 0.717) is 30.3 Å². The molecule has 1 aliphatic carbocycles.